The van der Waals surface area contributed by atoms with Crippen molar-refractivity contribution in [2.45, 2.75) is 71.6 Å². The van der Waals surface area contributed by atoms with Crippen LogP contribution in [0.3, 0.4) is 0 Å². The van der Waals surface area contributed by atoms with Crippen LogP contribution in [0.4, 0.5) is 18.0 Å². The first-order chi connectivity index (χ1) is 14.4. The molecular formula is C21H29BF3NO6. The average molecular weight is 459 g/mol. The molecule has 0 saturated carbocycles. The van der Waals surface area contributed by atoms with Gasteiger partial charge < -0.3 is 29.2 Å². The smallest absolute Gasteiger partial charge is 0.507 e. The number of halogens is 3. The predicted octanol–water partition coefficient (Wildman–Crippen LogP) is 4.83. The topological polar surface area (TPSA) is 86.3 Å². The van der Waals surface area contributed by atoms with Gasteiger partial charge in [-0.2, -0.15) is 0 Å². The summed E-state index contributed by atoms with van der Waals surface area (Å²) < 4.78 is 58.4. The van der Waals surface area contributed by atoms with Crippen LogP contribution in [0.25, 0.3) is 6.08 Å². The SMILES string of the molecule is CC(C)(C)OC(=O)NCC(=Cc1ccc(OC(F)(F)F)cc1O)B1OC(C)(C)C(C)(C)O1. The lowest BCUT2D eigenvalue weighted by Gasteiger charge is -2.32. The molecule has 0 radical (unpaired) electrons. The molecule has 2 N–H and O–H groups in total. The van der Waals surface area contributed by atoms with E-state index in [4.69, 9.17) is 14.0 Å². The number of hydrogen-bond acceptors (Lipinski definition) is 6. The molecule has 0 aromatic heterocycles. The van der Waals surface area contributed by atoms with E-state index < -0.39 is 47.9 Å². The van der Waals surface area contributed by atoms with Crippen LogP contribution in [0.15, 0.2) is 23.7 Å². The summed E-state index contributed by atoms with van der Waals surface area (Å²) in [6.07, 6.45) is -4.07. The Morgan fingerprint density at radius 3 is 2.19 bits per heavy atom. The molecule has 1 amide bonds. The minimum Gasteiger partial charge on any atom is -0.507 e. The number of ether oxygens (including phenoxy) is 2. The van der Waals surface area contributed by atoms with Crippen molar-refractivity contribution in [3.8, 4) is 11.5 Å². The Bertz CT molecular complexity index is 861. The molecule has 1 heterocycles. The fourth-order valence-corrected chi connectivity index (χ4v) is 2.73. The van der Waals surface area contributed by atoms with Crippen molar-refractivity contribution in [2.75, 3.05) is 6.54 Å². The van der Waals surface area contributed by atoms with Gasteiger partial charge >= 0.3 is 19.6 Å². The molecule has 32 heavy (non-hydrogen) atoms. The van der Waals surface area contributed by atoms with Gasteiger partial charge in [-0.1, -0.05) is 6.08 Å². The van der Waals surface area contributed by atoms with Crippen molar-refractivity contribution in [3.63, 3.8) is 0 Å². The second-order valence-electron chi connectivity index (χ2n) is 9.43. The van der Waals surface area contributed by atoms with Crippen LogP contribution in [-0.2, 0) is 14.0 Å². The van der Waals surface area contributed by atoms with Gasteiger partial charge in [0.25, 0.3) is 0 Å². The zero-order valence-corrected chi connectivity index (χ0v) is 19.2. The first kappa shape index (κ1) is 25.9. The van der Waals surface area contributed by atoms with E-state index in [1.807, 2.05) is 27.7 Å². The normalized spacial score (nSPS) is 18.4. The number of hydrogen-bond donors (Lipinski definition) is 2. The number of amides is 1. The van der Waals surface area contributed by atoms with Gasteiger partial charge in [-0.05, 0) is 66.1 Å². The van der Waals surface area contributed by atoms with Crippen LogP contribution in [0, 0.1) is 0 Å². The highest BCUT2D eigenvalue weighted by molar-refractivity contribution is 6.56. The fourth-order valence-electron chi connectivity index (χ4n) is 2.73. The van der Waals surface area contributed by atoms with Gasteiger partial charge in [0.15, 0.2) is 0 Å². The van der Waals surface area contributed by atoms with E-state index in [2.05, 4.69) is 10.1 Å². The Kier molecular flexibility index (Phi) is 7.16. The Morgan fingerprint density at radius 1 is 1.16 bits per heavy atom. The zero-order valence-electron chi connectivity index (χ0n) is 19.2. The van der Waals surface area contributed by atoms with E-state index in [1.165, 1.54) is 12.1 Å². The maximum absolute atomic E-state index is 12.4. The molecule has 0 atom stereocenters. The minimum absolute atomic E-state index is 0.0496. The van der Waals surface area contributed by atoms with Gasteiger partial charge in [-0.15, -0.1) is 13.2 Å². The highest BCUT2D eigenvalue weighted by atomic mass is 19.4. The summed E-state index contributed by atoms with van der Waals surface area (Å²) in [7, 11) is -0.875. The van der Waals surface area contributed by atoms with Gasteiger partial charge in [0.1, 0.15) is 17.1 Å². The maximum atomic E-state index is 12.4. The standard InChI is InChI=1S/C21H29BF3NO6/c1-18(2,3)30-17(28)26-12-14(22-31-19(4,5)20(6,7)32-22)10-13-8-9-15(11-16(13)27)29-21(23,24)25/h8-11,27H,12H2,1-7H3,(H,26,28). The summed E-state index contributed by atoms with van der Waals surface area (Å²) in [6.45, 7) is 12.5. The Balaban J connectivity index is 2.32. The quantitative estimate of drug-likeness (QED) is 0.614. The van der Waals surface area contributed by atoms with Crippen LogP contribution >= 0.6 is 0 Å². The van der Waals surface area contributed by atoms with Crippen LogP contribution in [0.2, 0.25) is 0 Å². The maximum Gasteiger partial charge on any atom is 0.573 e. The van der Waals surface area contributed by atoms with E-state index in [0.717, 1.165) is 12.1 Å². The summed E-state index contributed by atoms with van der Waals surface area (Å²) in [6, 6.07) is 3.18. The highest BCUT2D eigenvalue weighted by Crippen LogP contribution is 2.39. The minimum atomic E-state index is -4.88. The number of nitrogens with one attached hydrogen (secondary N) is 1. The van der Waals surface area contributed by atoms with Crippen LogP contribution in [0.5, 0.6) is 11.5 Å². The summed E-state index contributed by atoms with van der Waals surface area (Å²) in [5, 5.41) is 12.8. The van der Waals surface area contributed by atoms with Crippen molar-refractivity contribution in [1.29, 1.82) is 0 Å². The number of benzene rings is 1. The molecule has 178 valence electrons. The molecule has 0 aliphatic carbocycles. The lowest BCUT2D eigenvalue weighted by Crippen LogP contribution is -2.41. The number of phenolic OH excluding ortho intramolecular Hbond substituents is 1. The molecule has 0 spiro atoms. The molecule has 1 saturated heterocycles. The van der Waals surface area contributed by atoms with E-state index in [-0.39, 0.29) is 12.1 Å². The number of alkyl halides is 3. The lowest BCUT2D eigenvalue weighted by atomic mass is 9.77. The molecule has 2 rings (SSSR count). The lowest BCUT2D eigenvalue weighted by molar-refractivity contribution is -0.274. The number of phenols is 1. The molecule has 1 fully saturated rings. The largest absolute Gasteiger partial charge is 0.573 e. The number of aromatic hydroxyl groups is 1. The van der Waals surface area contributed by atoms with Gasteiger partial charge in [0.2, 0.25) is 0 Å². The zero-order chi connectivity index (χ0) is 24.5. The van der Waals surface area contributed by atoms with Crippen molar-refractivity contribution in [3.05, 3.63) is 29.2 Å². The number of rotatable bonds is 5. The molecular weight excluding hydrogens is 430 g/mol. The second kappa shape index (κ2) is 8.86. The number of carbonyl (C=O) groups is 1. The predicted molar refractivity (Wildman–Crippen MR) is 113 cm³/mol. The van der Waals surface area contributed by atoms with Gasteiger partial charge in [0.05, 0.1) is 11.2 Å². The number of alkyl carbamates (subject to hydrolysis) is 1. The van der Waals surface area contributed by atoms with Crippen molar-refractivity contribution in [1.82, 2.24) is 5.32 Å². The van der Waals surface area contributed by atoms with Crippen molar-refractivity contribution < 1.29 is 41.9 Å². The average Bonchev–Trinajstić information content (AvgIpc) is 2.77. The second-order valence-corrected chi connectivity index (χ2v) is 9.43. The van der Waals surface area contributed by atoms with Gasteiger partial charge in [0, 0.05) is 18.2 Å². The summed E-state index contributed by atoms with van der Waals surface area (Å²) >= 11 is 0. The summed E-state index contributed by atoms with van der Waals surface area (Å²) in [5.74, 6) is -1.01. The molecule has 1 aliphatic heterocycles. The Labute approximate surface area is 186 Å². The van der Waals surface area contributed by atoms with Crippen molar-refractivity contribution >= 4 is 19.3 Å². The molecule has 0 unspecified atom stereocenters. The third-order valence-electron chi connectivity index (χ3n) is 4.97. The summed E-state index contributed by atoms with van der Waals surface area (Å²) in [5.41, 5.74) is -1.43. The van der Waals surface area contributed by atoms with E-state index in [1.54, 1.807) is 20.8 Å². The van der Waals surface area contributed by atoms with Crippen molar-refractivity contribution in [2.24, 2.45) is 0 Å². The molecule has 11 heteroatoms. The van der Waals surface area contributed by atoms with E-state index in [0.29, 0.717) is 5.47 Å². The molecule has 1 aliphatic rings. The molecule has 1 aromatic carbocycles. The molecule has 1 aromatic rings. The third-order valence-corrected chi connectivity index (χ3v) is 4.97. The van der Waals surface area contributed by atoms with Gasteiger partial charge in [-0.25, -0.2) is 4.79 Å². The molecule has 7 nitrogen and oxygen atoms in total. The van der Waals surface area contributed by atoms with E-state index >= 15 is 0 Å². The first-order valence-corrected chi connectivity index (χ1v) is 10.0. The Hall–Kier alpha value is -2.40. The first-order valence-electron chi connectivity index (χ1n) is 10.0. The summed E-state index contributed by atoms with van der Waals surface area (Å²) in [4.78, 5) is 12.1. The van der Waals surface area contributed by atoms with Gasteiger partial charge in [-0.3, -0.25) is 0 Å². The third kappa shape index (κ3) is 7.06. The Morgan fingerprint density at radius 2 is 1.72 bits per heavy atom. The van der Waals surface area contributed by atoms with E-state index in [9.17, 15) is 23.1 Å². The number of carbonyl (C=O) groups excluding carboxylic acids is 1. The highest BCUT2D eigenvalue weighted by Gasteiger charge is 2.52. The molecule has 0 bridgehead atoms. The van der Waals surface area contributed by atoms with Crippen LogP contribution in [0.1, 0.15) is 54.0 Å². The monoisotopic (exact) mass is 459 g/mol. The van der Waals surface area contributed by atoms with Crippen LogP contribution in [-0.4, -0.2) is 48.0 Å². The fraction of sp³-hybridized carbons (Fsp3) is 0.571. The van der Waals surface area contributed by atoms with Crippen LogP contribution < -0.4 is 10.1 Å².